The number of hydrogen-bond acceptors (Lipinski definition) is 5. The Kier molecular flexibility index (Phi) is 3.80. The molecule has 1 fully saturated rings. The third-order valence-corrected chi connectivity index (χ3v) is 4.37. The lowest BCUT2D eigenvalue weighted by atomic mass is 10.1. The summed E-state index contributed by atoms with van der Waals surface area (Å²) in [6.07, 6.45) is 0.138. The first-order valence-corrected chi connectivity index (χ1v) is 8.08. The summed E-state index contributed by atoms with van der Waals surface area (Å²) in [7, 11) is 0. The minimum absolute atomic E-state index is 0.107. The van der Waals surface area contributed by atoms with E-state index in [0.717, 1.165) is 5.56 Å². The van der Waals surface area contributed by atoms with Crippen LogP contribution in [0.2, 0.25) is 0 Å². The zero-order valence-corrected chi connectivity index (χ0v) is 13.7. The van der Waals surface area contributed by atoms with Gasteiger partial charge in [-0.15, -0.1) is 0 Å². The van der Waals surface area contributed by atoms with Crippen molar-refractivity contribution < 1.29 is 23.8 Å². The Morgan fingerprint density at radius 3 is 2.68 bits per heavy atom. The van der Waals surface area contributed by atoms with Gasteiger partial charge in [-0.05, 0) is 31.2 Å². The zero-order chi connectivity index (χ0) is 17.4. The first-order valence-electron chi connectivity index (χ1n) is 8.08. The van der Waals surface area contributed by atoms with Crippen LogP contribution in [0, 0.1) is 12.8 Å². The molecule has 0 unspecified atom stereocenters. The number of nitrogens with zero attached hydrogens (tertiary/aromatic N) is 1. The summed E-state index contributed by atoms with van der Waals surface area (Å²) in [6.45, 7) is 2.44. The molecule has 0 radical (unpaired) electrons. The lowest BCUT2D eigenvalue weighted by molar-refractivity contribution is -0.139. The zero-order valence-electron chi connectivity index (χ0n) is 13.7. The van der Waals surface area contributed by atoms with Gasteiger partial charge in [0.25, 0.3) is 0 Å². The number of carbonyl (C=O) groups is 2. The molecule has 0 aliphatic carbocycles. The number of anilines is 1. The Morgan fingerprint density at radius 2 is 1.88 bits per heavy atom. The minimum atomic E-state index is -0.487. The Morgan fingerprint density at radius 1 is 1.12 bits per heavy atom. The largest absolute Gasteiger partial charge is 0.454 e. The van der Waals surface area contributed by atoms with Crippen molar-refractivity contribution in [1.29, 1.82) is 0 Å². The van der Waals surface area contributed by atoms with E-state index in [4.69, 9.17) is 14.2 Å². The van der Waals surface area contributed by atoms with E-state index in [0.29, 0.717) is 29.5 Å². The van der Waals surface area contributed by atoms with Crippen LogP contribution in [0.3, 0.4) is 0 Å². The summed E-state index contributed by atoms with van der Waals surface area (Å²) >= 11 is 0. The van der Waals surface area contributed by atoms with Crippen LogP contribution >= 0.6 is 0 Å². The number of hydrogen-bond donors (Lipinski definition) is 0. The number of fused-ring (bicyclic) bond motifs is 1. The van der Waals surface area contributed by atoms with E-state index in [9.17, 15) is 9.59 Å². The van der Waals surface area contributed by atoms with Crippen molar-refractivity contribution in [2.75, 3.05) is 18.2 Å². The van der Waals surface area contributed by atoms with Gasteiger partial charge in [-0.2, -0.15) is 0 Å². The molecule has 2 aromatic rings. The second-order valence-electron chi connectivity index (χ2n) is 6.18. The summed E-state index contributed by atoms with van der Waals surface area (Å²) < 4.78 is 16.0. The highest BCUT2D eigenvalue weighted by Crippen LogP contribution is 2.37. The first-order chi connectivity index (χ1) is 12.1. The van der Waals surface area contributed by atoms with Crippen molar-refractivity contribution in [3.05, 3.63) is 48.0 Å². The number of carbonyl (C=O) groups excluding carboxylic acids is 2. The second kappa shape index (κ2) is 6.12. The van der Waals surface area contributed by atoms with Gasteiger partial charge in [0.05, 0.1) is 5.92 Å². The van der Waals surface area contributed by atoms with Crippen LogP contribution in [0.1, 0.15) is 12.0 Å². The van der Waals surface area contributed by atoms with Crippen LogP contribution in [-0.2, 0) is 9.59 Å². The summed E-state index contributed by atoms with van der Waals surface area (Å²) in [5, 5.41) is 0. The van der Waals surface area contributed by atoms with Crippen LogP contribution < -0.4 is 19.1 Å². The van der Waals surface area contributed by atoms with Crippen molar-refractivity contribution in [2.45, 2.75) is 13.3 Å². The normalized spacial score (nSPS) is 18.5. The molecule has 6 heteroatoms. The Hall–Kier alpha value is -3.02. The van der Waals surface area contributed by atoms with Gasteiger partial charge < -0.3 is 19.1 Å². The summed E-state index contributed by atoms with van der Waals surface area (Å²) in [5.74, 6) is 0.774. The van der Waals surface area contributed by atoms with Gasteiger partial charge in [0, 0.05) is 24.7 Å². The van der Waals surface area contributed by atoms with Gasteiger partial charge in [0.2, 0.25) is 12.7 Å². The van der Waals surface area contributed by atoms with E-state index in [1.807, 2.05) is 19.1 Å². The van der Waals surface area contributed by atoms with Crippen molar-refractivity contribution >= 4 is 17.6 Å². The van der Waals surface area contributed by atoms with E-state index < -0.39 is 5.92 Å². The third-order valence-electron chi connectivity index (χ3n) is 4.37. The highest BCUT2D eigenvalue weighted by Gasteiger charge is 2.37. The molecule has 0 spiro atoms. The third kappa shape index (κ3) is 3.03. The molecule has 2 aliphatic rings. The highest BCUT2D eigenvalue weighted by atomic mass is 16.7. The van der Waals surface area contributed by atoms with Gasteiger partial charge >= 0.3 is 5.97 Å². The molecule has 0 saturated carbocycles. The molecule has 25 heavy (non-hydrogen) atoms. The van der Waals surface area contributed by atoms with Crippen LogP contribution in [0.25, 0.3) is 0 Å². The highest BCUT2D eigenvalue weighted by molar-refractivity contribution is 6.00. The Labute approximate surface area is 144 Å². The standard InChI is InChI=1S/C19H17NO5/c1-12-2-5-15(6-3-12)25-19(22)13-8-18(21)20(10-13)14-4-7-16-17(9-14)24-11-23-16/h2-7,9,13H,8,10-11H2,1H3/t13-/m1/s1. The second-order valence-corrected chi connectivity index (χ2v) is 6.18. The fraction of sp³-hybridized carbons (Fsp3) is 0.263. The van der Waals surface area contributed by atoms with Gasteiger partial charge in [0.1, 0.15) is 5.75 Å². The number of benzene rings is 2. The fourth-order valence-corrected chi connectivity index (χ4v) is 2.97. The number of esters is 1. The predicted molar refractivity (Wildman–Crippen MR) is 89.8 cm³/mol. The van der Waals surface area contributed by atoms with E-state index in [1.54, 1.807) is 35.2 Å². The first kappa shape index (κ1) is 15.5. The van der Waals surface area contributed by atoms with E-state index >= 15 is 0 Å². The van der Waals surface area contributed by atoms with Crippen LogP contribution in [0.15, 0.2) is 42.5 Å². The SMILES string of the molecule is Cc1ccc(OC(=O)[C@@H]2CC(=O)N(c3ccc4c(c3)OCO4)C2)cc1. The van der Waals surface area contributed by atoms with Gasteiger partial charge in [-0.3, -0.25) is 9.59 Å². The molecule has 2 aliphatic heterocycles. The van der Waals surface area contributed by atoms with Crippen molar-refractivity contribution in [2.24, 2.45) is 5.92 Å². The Balaban J connectivity index is 1.46. The number of aryl methyl sites for hydroxylation is 1. The minimum Gasteiger partial charge on any atom is -0.454 e. The lowest BCUT2D eigenvalue weighted by Gasteiger charge is -2.17. The van der Waals surface area contributed by atoms with Crippen LogP contribution in [-0.4, -0.2) is 25.2 Å². The van der Waals surface area contributed by atoms with Gasteiger partial charge in [-0.25, -0.2) is 0 Å². The Bertz CT molecular complexity index is 830. The molecular formula is C19H17NO5. The molecule has 1 atom stereocenters. The smallest absolute Gasteiger partial charge is 0.316 e. The molecule has 0 aromatic heterocycles. The maximum absolute atomic E-state index is 12.4. The molecular weight excluding hydrogens is 322 g/mol. The molecule has 0 N–H and O–H groups in total. The van der Waals surface area contributed by atoms with Crippen molar-refractivity contribution in [3.8, 4) is 17.2 Å². The van der Waals surface area contributed by atoms with Crippen LogP contribution in [0.4, 0.5) is 5.69 Å². The lowest BCUT2D eigenvalue weighted by Crippen LogP contribution is -2.27. The molecule has 4 rings (SSSR count). The molecule has 6 nitrogen and oxygen atoms in total. The number of ether oxygens (including phenoxy) is 3. The number of rotatable bonds is 3. The van der Waals surface area contributed by atoms with Gasteiger partial charge in [-0.1, -0.05) is 17.7 Å². The van der Waals surface area contributed by atoms with Crippen LogP contribution in [0.5, 0.6) is 17.2 Å². The quantitative estimate of drug-likeness (QED) is 0.635. The molecule has 1 amide bonds. The van der Waals surface area contributed by atoms with Crippen molar-refractivity contribution in [3.63, 3.8) is 0 Å². The fourth-order valence-electron chi connectivity index (χ4n) is 2.97. The van der Waals surface area contributed by atoms with E-state index in [1.165, 1.54) is 0 Å². The molecule has 128 valence electrons. The molecule has 2 heterocycles. The van der Waals surface area contributed by atoms with E-state index in [2.05, 4.69) is 0 Å². The monoisotopic (exact) mass is 339 g/mol. The van der Waals surface area contributed by atoms with E-state index in [-0.39, 0.29) is 25.1 Å². The topological polar surface area (TPSA) is 65.1 Å². The maximum Gasteiger partial charge on any atom is 0.316 e. The average molecular weight is 339 g/mol. The van der Waals surface area contributed by atoms with Crippen molar-refractivity contribution in [1.82, 2.24) is 0 Å². The molecule has 2 aromatic carbocycles. The summed E-state index contributed by atoms with van der Waals surface area (Å²) in [5.41, 5.74) is 1.78. The predicted octanol–water partition coefficient (Wildman–Crippen LogP) is 2.68. The maximum atomic E-state index is 12.4. The molecule has 1 saturated heterocycles. The summed E-state index contributed by atoms with van der Waals surface area (Å²) in [6, 6.07) is 12.6. The molecule has 0 bridgehead atoms. The number of amides is 1. The van der Waals surface area contributed by atoms with Gasteiger partial charge in [0.15, 0.2) is 11.5 Å². The summed E-state index contributed by atoms with van der Waals surface area (Å²) in [4.78, 5) is 26.3. The average Bonchev–Trinajstić information content (AvgIpc) is 3.22.